The number of benzene rings is 2. The van der Waals surface area contributed by atoms with Crippen molar-refractivity contribution in [3.8, 4) is 11.3 Å². The Hall–Kier alpha value is -2.92. The van der Waals surface area contributed by atoms with Crippen molar-refractivity contribution in [1.29, 1.82) is 0 Å². The average molecular weight is 338 g/mol. The molecule has 3 rings (SSSR count). The first-order valence-electron chi connectivity index (χ1n) is 7.92. The molecule has 0 saturated heterocycles. The molecule has 1 aromatic heterocycles. The van der Waals surface area contributed by atoms with Crippen LogP contribution in [0.3, 0.4) is 0 Å². The minimum absolute atomic E-state index is 0.135. The molecular weight excluding hydrogens is 319 g/mol. The van der Waals surface area contributed by atoms with Crippen molar-refractivity contribution in [2.75, 3.05) is 19.4 Å². The summed E-state index contributed by atoms with van der Waals surface area (Å²) in [5.41, 5.74) is 2.11. The molecule has 0 aliphatic carbocycles. The highest BCUT2D eigenvalue weighted by atomic mass is 19.1. The molecule has 2 aromatic carbocycles. The summed E-state index contributed by atoms with van der Waals surface area (Å²) in [5.74, 6) is -0.300. The molecule has 0 bridgehead atoms. The zero-order valence-corrected chi connectivity index (χ0v) is 14.1. The number of nitrogens with one attached hydrogen (secondary N) is 1. The fourth-order valence-corrected chi connectivity index (χ4v) is 2.57. The molecular formula is C20H19FN2O2. The molecule has 4 nitrogen and oxygen atoms in total. The molecule has 1 heterocycles. The minimum Gasteiger partial charge on any atom is -0.451 e. The molecule has 0 fully saturated rings. The SMILES string of the molecule is CN(C)Cc1cccc(NC(=O)c2ccc(-c3ccccc3F)o2)c1. The van der Waals surface area contributed by atoms with Gasteiger partial charge >= 0.3 is 0 Å². The Labute approximate surface area is 145 Å². The molecule has 25 heavy (non-hydrogen) atoms. The lowest BCUT2D eigenvalue weighted by Gasteiger charge is -2.11. The van der Waals surface area contributed by atoms with Gasteiger partial charge in [-0.1, -0.05) is 24.3 Å². The van der Waals surface area contributed by atoms with Crippen molar-refractivity contribution in [3.63, 3.8) is 0 Å². The van der Waals surface area contributed by atoms with Gasteiger partial charge in [0.1, 0.15) is 11.6 Å². The van der Waals surface area contributed by atoms with Crippen molar-refractivity contribution in [2.45, 2.75) is 6.54 Å². The van der Waals surface area contributed by atoms with Crippen molar-refractivity contribution in [2.24, 2.45) is 0 Å². The topological polar surface area (TPSA) is 45.5 Å². The van der Waals surface area contributed by atoms with Gasteiger partial charge in [0.15, 0.2) is 5.76 Å². The Morgan fingerprint density at radius 1 is 1.08 bits per heavy atom. The van der Waals surface area contributed by atoms with Gasteiger partial charge in [-0.15, -0.1) is 0 Å². The van der Waals surface area contributed by atoms with E-state index in [1.54, 1.807) is 30.3 Å². The molecule has 1 amide bonds. The molecule has 0 saturated carbocycles. The predicted octanol–water partition coefficient (Wildman–Crippen LogP) is 4.40. The third kappa shape index (κ3) is 4.14. The van der Waals surface area contributed by atoms with Crippen LogP contribution in [0.5, 0.6) is 0 Å². The number of carbonyl (C=O) groups excluding carboxylic acids is 1. The maximum atomic E-state index is 13.8. The van der Waals surface area contributed by atoms with Gasteiger partial charge in [0.05, 0.1) is 5.56 Å². The van der Waals surface area contributed by atoms with E-state index in [9.17, 15) is 9.18 Å². The highest BCUT2D eigenvalue weighted by molar-refractivity contribution is 6.02. The number of carbonyl (C=O) groups is 1. The van der Waals surface area contributed by atoms with Crippen LogP contribution < -0.4 is 5.32 Å². The fourth-order valence-electron chi connectivity index (χ4n) is 2.57. The summed E-state index contributed by atoms with van der Waals surface area (Å²) in [7, 11) is 3.97. The van der Waals surface area contributed by atoms with E-state index < -0.39 is 0 Å². The molecule has 0 unspecified atom stereocenters. The van der Waals surface area contributed by atoms with Crippen LogP contribution in [-0.2, 0) is 6.54 Å². The van der Waals surface area contributed by atoms with E-state index >= 15 is 0 Å². The van der Waals surface area contributed by atoms with Gasteiger partial charge in [0.2, 0.25) is 0 Å². The van der Waals surface area contributed by atoms with E-state index in [1.807, 2.05) is 43.3 Å². The van der Waals surface area contributed by atoms with Gasteiger partial charge < -0.3 is 14.6 Å². The highest BCUT2D eigenvalue weighted by Crippen LogP contribution is 2.25. The lowest BCUT2D eigenvalue weighted by atomic mass is 10.1. The van der Waals surface area contributed by atoms with E-state index in [-0.39, 0.29) is 17.5 Å². The van der Waals surface area contributed by atoms with E-state index in [0.717, 1.165) is 12.1 Å². The van der Waals surface area contributed by atoms with Crippen LogP contribution in [-0.4, -0.2) is 24.9 Å². The van der Waals surface area contributed by atoms with Crippen molar-refractivity contribution >= 4 is 11.6 Å². The van der Waals surface area contributed by atoms with Gasteiger partial charge in [-0.05, 0) is 56.1 Å². The Bertz CT molecular complexity index is 887. The van der Waals surface area contributed by atoms with Gasteiger partial charge in [-0.3, -0.25) is 4.79 Å². The number of nitrogens with zero attached hydrogens (tertiary/aromatic N) is 1. The molecule has 1 N–H and O–H groups in total. The first kappa shape index (κ1) is 16.9. The van der Waals surface area contributed by atoms with Crippen LogP contribution in [0, 0.1) is 5.82 Å². The number of hydrogen-bond donors (Lipinski definition) is 1. The third-order valence-electron chi connectivity index (χ3n) is 3.65. The first-order chi connectivity index (χ1) is 12.0. The van der Waals surface area contributed by atoms with Crippen LogP contribution in [0.2, 0.25) is 0 Å². The van der Waals surface area contributed by atoms with E-state index in [2.05, 4.69) is 5.32 Å². The smallest absolute Gasteiger partial charge is 0.291 e. The number of anilines is 1. The second kappa shape index (κ2) is 7.32. The van der Waals surface area contributed by atoms with Gasteiger partial charge in [-0.25, -0.2) is 4.39 Å². The number of halogens is 1. The third-order valence-corrected chi connectivity index (χ3v) is 3.65. The highest BCUT2D eigenvalue weighted by Gasteiger charge is 2.14. The summed E-state index contributed by atoms with van der Waals surface area (Å²) < 4.78 is 19.3. The van der Waals surface area contributed by atoms with Crippen LogP contribution >= 0.6 is 0 Å². The molecule has 0 spiro atoms. The Morgan fingerprint density at radius 3 is 2.64 bits per heavy atom. The van der Waals surface area contributed by atoms with E-state index in [4.69, 9.17) is 4.42 Å². The van der Waals surface area contributed by atoms with Gasteiger partial charge in [-0.2, -0.15) is 0 Å². The standard InChI is InChI=1S/C20H19FN2O2/c1-23(2)13-14-6-5-7-15(12-14)22-20(24)19-11-10-18(25-19)16-8-3-4-9-17(16)21/h3-12H,13H2,1-2H3,(H,22,24). The lowest BCUT2D eigenvalue weighted by Crippen LogP contribution is -2.13. The van der Waals surface area contributed by atoms with Crippen LogP contribution in [0.4, 0.5) is 10.1 Å². The zero-order valence-electron chi connectivity index (χ0n) is 14.1. The zero-order chi connectivity index (χ0) is 17.8. The van der Waals surface area contributed by atoms with Gasteiger partial charge in [0, 0.05) is 12.2 Å². The first-order valence-corrected chi connectivity index (χ1v) is 7.92. The molecule has 0 aliphatic heterocycles. The number of amides is 1. The number of furan rings is 1. The summed E-state index contributed by atoms with van der Waals surface area (Å²) in [6.45, 7) is 0.780. The fraction of sp³-hybridized carbons (Fsp3) is 0.150. The Balaban J connectivity index is 1.75. The summed E-state index contributed by atoms with van der Waals surface area (Å²) >= 11 is 0. The summed E-state index contributed by atoms with van der Waals surface area (Å²) in [6.07, 6.45) is 0. The quantitative estimate of drug-likeness (QED) is 0.750. The maximum Gasteiger partial charge on any atom is 0.291 e. The average Bonchev–Trinajstić information content (AvgIpc) is 3.05. The van der Waals surface area contributed by atoms with Crippen molar-refractivity contribution in [3.05, 3.63) is 77.8 Å². The lowest BCUT2D eigenvalue weighted by molar-refractivity contribution is 0.0997. The number of rotatable bonds is 5. The van der Waals surface area contributed by atoms with Crippen molar-refractivity contribution in [1.82, 2.24) is 4.90 Å². The minimum atomic E-state index is -0.389. The van der Waals surface area contributed by atoms with Gasteiger partial charge in [0.25, 0.3) is 5.91 Å². The monoisotopic (exact) mass is 338 g/mol. The molecule has 0 atom stereocenters. The molecule has 3 aromatic rings. The Morgan fingerprint density at radius 2 is 1.88 bits per heavy atom. The van der Waals surface area contributed by atoms with Crippen LogP contribution in [0.25, 0.3) is 11.3 Å². The molecule has 0 radical (unpaired) electrons. The maximum absolute atomic E-state index is 13.8. The summed E-state index contributed by atoms with van der Waals surface area (Å²) in [5, 5.41) is 2.81. The number of hydrogen-bond acceptors (Lipinski definition) is 3. The Kier molecular flexibility index (Phi) is 4.95. The molecule has 128 valence electrons. The molecule has 0 aliphatic rings. The van der Waals surface area contributed by atoms with Crippen molar-refractivity contribution < 1.29 is 13.6 Å². The summed E-state index contributed by atoms with van der Waals surface area (Å²) in [4.78, 5) is 14.4. The summed E-state index contributed by atoms with van der Waals surface area (Å²) in [6, 6.07) is 17.1. The second-order valence-electron chi connectivity index (χ2n) is 6.04. The predicted molar refractivity (Wildman–Crippen MR) is 95.9 cm³/mol. The van der Waals surface area contributed by atoms with Crippen LogP contribution in [0.15, 0.2) is 65.1 Å². The van der Waals surface area contributed by atoms with E-state index in [1.165, 1.54) is 6.07 Å². The van der Waals surface area contributed by atoms with E-state index in [0.29, 0.717) is 17.0 Å². The largest absolute Gasteiger partial charge is 0.451 e. The van der Waals surface area contributed by atoms with Crippen LogP contribution in [0.1, 0.15) is 16.1 Å². The normalized spacial score (nSPS) is 10.9. The molecule has 5 heteroatoms. The second-order valence-corrected chi connectivity index (χ2v) is 6.04.